The monoisotopic (exact) mass is 293 g/mol. The van der Waals surface area contributed by atoms with Crippen LogP contribution in [0.25, 0.3) is 0 Å². The van der Waals surface area contributed by atoms with Gasteiger partial charge in [-0.15, -0.1) is 0 Å². The van der Waals surface area contributed by atoms with Gasteiger partial charge in [-0.1, -0.05) is 18.2 Å². The van der Waals surface area contributed by atoms with Crippen molar-refractivity contribution in [2.45, 2.75) is 12.8 Å². The van der Waals surface area contributed by atoms with Crippen LogP contribution in [0.4, 0.5) is 5.82 Å². The van der Waals surface area contributed by atoms with Crippen LogP contribution < -0.4 is 5.73 Å². The molecule has 0 bridgehead atoms. The lowest BCUT2D eigenvalue weighted by atomic mass is 9.88. The molecule has 0 aromatic carbocycles. The quantitative estimate of drug-likeness (QED) is 0.501. The number of amides is 1. The number of anilines is 1. The lowest BCUT2D eigenvalue weighted by molar-refractivity contribution is -0.127. The fourth-order valence-corrected chi connectivity index (χ4v) is 2.59. The Morgan fingerprint density at radius 2 is 2.15 bits per heavy atom. The number of halogens is 1. The van der Waals surface area contributed by atoms with Crippen LogP contribution >= 0.6 is 11.6 Å². The first-order valence-corrected chi connectivity index (χ1v) is 6.68. The summed E-state index contributed by atoms with van der Waals surface area (Å²) in [6.07, 6.45) is 3.98. The minimum absolute atomic E-state index is 0.00895. The SMILES string of the molecule is C=CC(=O)N1CCC(C(=N)c2c(N)ncnc2Cl)CC1. The van der Waals surface area contributed by atoms with Gasteiger partial charge in [-0.05, 0) is 18.9 Å². The normalized spacial score (nSPS) is 15.9. The molecule has 2 rings (SSSR count). The molecule has 2 heterocycles. The first-order valence-electron chi connectivity index (χ1n) is 6.30. The van der Waals surface area contributed by atoms with Crippen molar-refractivity contribution in [3.05, 3.63) is 29.7 Å². The maximum atomic E-state index is 11.5. The van der Waals surface area contributed by atoms with E-state index >= 15 is 0 Å². The Morgan fingerprint density at radius 3 is 2.70 bits per heavy atom. The maximum absolute atomic E-state index is 11.5. The minimum Gasteiger partial charge on any atom is -0.383 e. The van der Waals surface area contributed by atoms with E-state index in [1.807, 2.05) is 0 Å². The number of hydrogen-bond donors (Lipinski definition) is 2. The minimum atomic E-state index is -0.0735. The standard InChI is InChI=1S/C13H16ClN5O/c1-2-9(20)19-5-3-8(4-6-19)11(15)10-12(14)17-7-18-13(10)16/h2,7-8,15H,1,3-6H2,(H2,16,17,18). The Balaban J connectivity index is 2.09. The van der Waals surface area contributed by atoms with Gasteiger partial charge in [0.15, 0.2) is 0 Å². The third-order valence-electron chi connectivity index (χ3n) is 3.49. The van der Waals surface area contributed by atoms with E-state index in [4.69, 9.17) is 22.7 Å². The number of nitrogens with two attached hydrogens (primary N) is 1. The van der Waals surface area contributed by atoms with Gasteiger partial charge >= 0.3 is 0 Å². The van der Waals surface area contributed by atoms with Crippen molar-refractivity contribution in [3.8, 4) is 0 Å². The van der Waals surface area contributed by atoms with E-state index in [9.17, 15) is 4.79 Å². The zero-order valence-electron chi connectivity index (χ0n) is 11.0. The largest absolute Gasteiger partial charge is 0.383 e. The number of aromatic nitrogens is 2. The van der Waals surface area contributed by atoms with Crippen molar-refractivity contribution in [2.75, 3.05) is 18.8 Å². The molecule has 0 aliphatic carbocycles. The molecular weight excluding hydrogens is 278 g/mol. The van der Waals surface area contributed by atoms with Crippen LogP contribution in [0.5, 0.6) is 0 Å². The number of nitrogen functional groups attached to an aromatic ring is 1. The second-order valence-electron chi connectivity index (χ2n) is 4.64. The van der Waals surface area contributed by atoms with Crippen LogP contribution in [0.3, 0.4) is 0 Å². The van der Waals surface area contributed by atoms with Gasteiger partial charge in [-0.25, -0.2) is 9.97 Å². The molecule has 0 saturated carbocycles. The first-order chi connectivity index (χ1) is 9.54. The van der Waals surface area contributed by atoms with Gasteiger partial charge < -0.3 is 16.0 Å². The van der Waals surface area contributed by atoms with E-state index in [2.05, 4.69) is 16.5 Å². The highest BCUT2D eigenvalue weighted by molar-refractivity contribution is 6.33. The molecule has 1 saturated heterocycles. The molecule has 0 unspecified atom stereocenters. The van der Waals surface area contributed by atoms with Gasteiger partial charge in [-0.3, -0.25) is 4.79 Å². The molecular formula is C13H16ClN5O. The second-order valence-corrected chi connectivity index (χ2v) is 5.00. The molecule has 6 nitrogen and oxygen atoms in total. The molecule has 0 spiro atoms. The molecule has 0 radical (unpaired) electrons. The molecule has 1 amide bonds. The molecule has 3 N–H and O–H groups in total. The fourth-order valence-electron chi connectivity index (χ4n) is 2.35. The molecule has 20 heavy (non-hydrogen) atoms. The van der Waals surface area contributed by atoms with Crippen LogP contribution in [0.15, 0.2) is 19.0 Å². The summed E-state index contributed by atoms with van der Waals surface area (Å²) in [6, 6.07) is 0. The van der Waals surface area contributed by atoms with Gasteiger partial charge in [0.05, 0.1) is 5.56 Å². The number of piperidine rings is 1. The number of nitrogens with zero attached hydrogens (tertiary/aromatic N) is 3. The molecule has 106 valence electrons. The summed E-state index contributed by atoms with van der Waals surface area (Å²) in [5, 5.41) is 8.46. The van der Waals surface area contributed by atoms with Gasteiger partial charge in [0.2, 0.25) is 5.91 Å². The highest BCUT2D eigenvalue weighted by Crippen LogP contribution is 2.27. The summed E-state index contributed by atoms with van der Waals surface area (Å²) in [5.41, 5.74) is 6.52. The molecule has 1 aliphatic rings. The summed E-state index contributed by atoms with van der Waals surface area (Å²) >= 11 is 6.00. The average Bonchev–Trinajstić information content (AvgIpc) is 2.46. The van der Waals surface area contributed by atoms with E-state index in [1.54, 1.807) is 4.90 Å². The summed E-state index contributed by atoms with van der Waals surface area (Å²) < 4.78 is 0. The molecule has 1 aromatic heterocycles. The van der Waals surface area contributed by atoms with E-state index in [0.717, 1.165) is 0 Å². The lowest BCUT2D eigenvalue weighted by Gasteiger charge is -2.31. The summed E-state index contributed by atoms with van der Waals surface area (Å²) in [5.74, 6) is 0.157. The number of hydrogen-bond acceptors (Lipinski definition) is 5. The number of nitrogens with one attached hydrogen (secondary N) is 1. The zero-order valence-corrected chi connectivity index (χ0v) is 11.7. The summed E-state index contributed by atoms with van der Waals surface area (Å²) in [4.78, 5) is 21.0. The molecule has 1 fully saturated rings. The lowest BCUT2D eigenvalue weighted by Crippen LogP contribution is -2.39. The number of likely N-dealkylation sites (tertiary alicyclic amines) is 1. The van der Waals surface area contributed by atoms with E-state index in [0.29, 0.717) is 37.2 Å². The van der Waals surface area contributed by atoms with Gasteiger partial charge in [0.1, 0.15) is 17.3 Å². The van der Waals surface area contributed by atoms with E-state index < -0.39 is 0 Å². The van der Waals surface area contributed by atoms with Gasteiger partial charge in [-0.2, -0.15) is 0 Å². The highest BCUT2D eigenvalue weighted by atomic mass is 35.5. The van der Waals surface area contributed by atoms with Crippen LogP contribution in [-0.4, -0.2) is 39.6 Å². The summed E-state index contributed by atoms with van der Waals surface area (Å²) in [7, 11) is 0. The number of carbonyl (C=O) groups excluding carboxylic acids is 1. The Labute approximate surface area is 122 Å². The smallest absolute Gasteiger partial charge is 0.245 e. The van der Waals surface area contributed by atoms with Crippen molar-refractivity contribution in [2.24, 2.45) is 5.92 Å². The molecule has 1 aliphatic heterocycles. The number of carbonyl (C=O) groups is 1. The van der Waals surface area contributed by atoms with E-state index in [-0.39, 0.29) is 22.8 Å². The van der Waals surface area contributed by atoms with Crippen molar-refractivity contribution in [1.82, 2.24) is 14.9 Å². The predicted molar refractivity (Wildman–Crippen MR) is 77.8 cm³/mol. The number of rotatable bonds is 3. The Kier molecular flexibility index (Phi) is 4.34. The van der Waals surface area contributed by atoms with Crippen LogP contribution in [0.1, 0.15) is 18.4 Å². The van der Waals surface area contributed by atoms with Crippen LogP contribution in [0.2, 0.25) is 5.15 Å². The third-order valence-corrected chi connectivity index (χ3v) is 3.78. The van der Waals surface area contributed by atoms with Crippen molar-refractivity contribution < 1.29 is 4.79 Å². The Bertz CT molecular complexity index is 531. The van der Waals surface area contributed by atoms with Crippen LogP contribution in [-0.2, 0) is 4.79 Å². The molecule has 1 aromatic rings. The van der Waals surface area contributed by atoms with Gasteiger partial charge in [0.25, 0.3) is 0 Å². The van der Waals surface area contributed by atoms with Crippen molar-refractivity contribution in [1.29, 1.82) is 5.41 Å². The first kappa shape index (κ1) is 14.5. The summed E-state index contributed by atoms with van der Waals surface area (Å²) in [6.45, 7) is 4.68. The maximum Gasteiger partial charge on any atom is 0.245 e. The van der Waals surface area contributed by atoms with Crippen LogP contribution in [0, 0.1) is 11.3 Å². The van der Waals surface area contributed by atoms with Gasteiger partial charge in [0, 0.05) is 24.7 Å². The highest BCUT2D eigenvalue weighted by Gasteiger charge is 2.27. The predicted octanol–water partition coefficient (Wildman–Crippen LogP) is 1.50. The van der Waals surface area contributed by atoms with Crippen molar-refractivity contribution >= 4 is 29.0 Å². The topological polar surface area (TPSA) is 96.0 Å². The second kappa shape index (κ2) is 6.00. The average molecular weight is 294 g/mol. The fraction of sp³-hybridized carbons (Fsp3) is 0.385. The molecule has 0 atom stereocenters. The Hall–Kier alpha value is -1.95. The third kappa shape index (κ3) is 2.80. The van der Waals surface area contributed by atoms with Crippen molar-refractivity contribution in [3.63, 3.8) is 0 Å². The molecule has 7 heteroatoms. The Morgan fingerprint density at radius 1 is 1.50 bits per heavy atom. The zero-order chi connectivity index (χ0) is 14.7. The van der Waals surface area contributed by atoms with E-state index in [1.165, 1.54) is 12.4 Å².